The van der Waals surface area contributed by atoms with Gasteiger partial charge in [0.05, 0.1) is 0 Å². The van der Waals surface area contributed by atoms with Gasteiger partial charge in [0, 0.05) is 5.57 Å². The second kappa shape index (κ2) is 5.50. The van der Waals surface area contributed by atoms with Crippen molar-refractivity contribution in [1.29, 1.82) is 0 Å². The van der Waals surface area contributed by atoms with Crippen LogP contribution in [-0.2, 0) is 4.79 Å². The molecule has 0 atom stereocenters. The summed E-state index contributed by atoms with van der Waals surface area (Å²) in [6, 6.07) is 9.41. The van der Waals surface area contributed by atoms with E-state index in [-0.39, 0.29) is 0 Å². The van der Waals surface area contributed by atoms with Crippen molar-refractivity contribution in [2.24, 2.45) is 0 Å². The second-order valence-corrected chi connectivity index (χ2v) is 3.31. The normalized spacial score (nSPS) is 11.4. The predicted molar refractivity (Wildman–Crippen MR) is 60.5 cm³/mol. The van der Waals surface area contributed by atoms with Crippen LogP contribution >= 0.6 is 12.6 Å². The molecule has 0 spiro atoms. The topological polar surface area (TPSA) is 37.3 Å². The lowest BCUT2D eigenvalue weighted by Crippen LogP contribution is -2.00. The Morgan fingerprint density at radius 2 is 2.00 bits per heavy atom. The van der Waals surface area contributed by atoms with Gasteiger partial charge in [-0.3, -0.25) is 0 Å². The number of rotatable bonds is 4. The molecule has 0 aliphatic carbocycles. The fourth-order valence-corrected chi connectivity index (χ4v) is 1.35. The van der Waals surface area contributed by atoms with Gasteiger partial charge in [0.1, 0.15) is 0 Å². The van der Waals surface area contributed by atoms with E-state index in [9.17, 15) is 4.79 Å². The standard InChI is InChI=1S/C11H12O2S/c12-11(13)10(6-7-14)8-9-4-2-1-3-5-9/h1-5,8,14H,6-7H2,(H,12,13). The van der Waals surface area contributed by atoms with Gasteiger partial charge in [0.25, 0.3) is 0 Å². The van der Waals surface area contributed by atoms with Gasteiger partial charge < -0.3 is 5.11 Å². The predicted octanol–water partition coefficient (Wildman–Crippen LogP) is 2.47. The molecule has 0 saturated carbocycles. The van der Waals surface area contributed by atoms with Crippen molar-refractivity contribution < 1.29 is 9.90 Å². The van der Waals surface area contributed by atoms with Gasteiger partial charge in [-0.2, -0.15) is 12.6 Å². The summed E-state index contributed by atoms with van der Waals surface area (Å²) in [6.07, 6.45) is 2.16. The highest BCUT2D eigenvalue weighted by Crippen LogP contribution is 2.10. The summed E-state index contributed by atoms with van der Waals surface area (Å²) in [6.45, 7) is 0. The third-order valence-electron chi connectivity index (χ3n) is 1.80. The molecule has 74 valence electrons. The quantitative estimate of drug-likeness (QED) is 0.589. The third kappa shape index (κ3) is 3.26. The van der Waals surface area contributed by atoms with E-state index >= 15 is 0 Å². The summed E-state index contributed by atoms with van der Waals surface area (Å²) in [5.74, 6) is -0.326. The molecular weight excluding hydrogens is 196 g/mol. The van der Waals surface area contributed by atoms with E-state index < -0.39 is 5.97 Å². The first-order chi connectivity index (χ1) is 6.74. The number of carboxylic acids is 1. The van der Waals surface area contributed by atoms with Crippen molar-refractivity contribution >= 4 is 24.7 Å². The molecule has 0 aromatic heterocycles. The molecule has 0 radical (unpaired) electrons. The van der Waals surface area contributed by atoms with Crippen LogP contribution in [0.5, 0.6) is 0 Å². The SMILES string of the molecule is O=C(O)C(=Cc1ccccc1)CCS. The molecule has 0 saturated heterocycles. The van der Waals surface area contributed by atoms with E-state index in [1.807, 2.05) is 30.3 Å². The minimum Gasteiger partial charge on any atom is -0.478 e. The van der Waals surface area contributed by atoms with Crippen LogP contribution in [-0.4, -0.2) is 16.8 Å². The molecule has 0 aliphatic heterocycles. The van der Waals surface area contributed by atoms with Gasteiger partial charge in [-0.1, -0.05) is 30.3 Å². The minimum absolute atomic E-state index is 0.395. The van der Waals surface area contributed by atoms with Gasteiger partial charge in [-0.05, 0) is 23.8 Å². The Balaban J connectivity index is 2.88. The molecule has 0 aliphatic rings. The van der Waals surface area contributed by atoms with Crippen LogP contribution in [0.4, 0.5) is 0 Å². The summed E-state index contributed by atoms with van der Waals surface area (Å²) < 4.78 is 0. The molecule has 1 rings (SSSR count). The maximum Gasteiger partial charge on any atom is 0.331 e. The lowest BCUT2D eigenvalue weighted by molar-refractivity contribution is -0.132. The van der Waals surface area contributed by atoms with E-state index in [0.717, 1.165) is 5.56 Å². The molecule has 1 aromatic carbocycles. The van der Waals surface area contributed by atoms with Crippen molar-refractivity contribution in [2.75, 3.05) is 5.75 Å². The van der Waals surface area contributed by atoms with Crippen molar-refractivity contribution in [3.8, 4) is 0 Å². The average molecular weight is 208 g/mol. The van der Waals surface area contributed by atoms with Crippen LogP contribution in [0.3, 0.4) is 0 Å². The van der Waals surface area contributed by atoms with Crippen molar-refractivity contribution in [3.63, 3.8) is 0 Å². The molecule has 0 heterocycles. The van der Waals surface area contributed by atoms with Gasteiger partial charge >= 0.3 is 5.97 Å². The Hall–Kier alpha value is -1.22. The Bertz CT molecular complexity index is 330. The van der Waals surface area contributed by atoms with E-state index in [1.165, 1.54) is 0 Å². The largest absolute Gasteiger partial charge is 0.478 e. The van der Waals surface area contributed by atoms with Gasteiger partial charge in [-0.25, -0.2) is 4.79 Å². The van der Waals surface area contributed by atoms with Crippen molar-refractivity contribution in [3.05, 3.63) is 41.5 Å². The molecule has 0 amide bonds. The first kappa shape index (κ1) is 10.9. The number of aliphatic carboxylic acids is 1. The summed E-state index contributed by atoms with van der Waals surface area (Å²) >= 11 is 4.02. The fourth-order valence-electron chi connectivity index (χ4n) is 1.11. The highest BCUT2D eigenvalue weighted by atomic mass is 32.1. The van der Waals surface area contributed by atoms with Gasteiger partial charge in [-0.15, -0.1) is 0 Å². The minimum atomic E-state index is -0.872. The first-order valence-electron chi connectivity index (χ1n) is 4.34. The average Bonchev–Trinajstić information content (AvgIpc) is 2.18. The Labute approximate surface area is 88.7 Å². The Morgan fingerprint density at radius 3 is 2.50 bits per heavy atom. The van der Waals surface area contributed by atoms with E-state index in [0.29, 0.717) is 17.7 Å². The maximum absolute atomic E-state index is 10.8. The van der Waals surface area contributed by atoms with Crippen LogP contribution in [0, 0.1) is 0 Å². The molecule has 1 N–H and O–H groups in total. The smallest absolute Gasteiger partial charge is 0.331 e. The lowest BCUT2D eigenvalue weighted by Gasteiger charge is -1.99. The first-order valence-corrected chi connectivity index (χ1v) is 4.97. The highest BCUT2D eigenvalue weighted by Gasteiger charge is 2.05. The maximum atomic E-state index is 10.8. The number of benzene rings is 1. The molecule has 14 heavy (non-hydrogen) atoms. The number of carbonyl (C=O) groups is 1. The molecule has 0 fully saturated rings. The van der Waals surface area contributed by atoms with Crippen molar-refractivity contribution in [1.82, 2.24) is 0 Å². The summed E-state index contributed by atoms with van der Waals surface area (Å²) in [4.78, 5) is 10.8. The summed E-state index contributed by atoms with van der Waals surface area (Å²) in [5, 5.41) is 8.86. The van der Waals surface area contributed by atoms with Crippen molar-refractivity contribution in [2.45, 2.75) is 6.42 Å². The van der Waals surface area contributed by atoms with E-state index in [1.54, 1.807) is 6.08 Å². The number of carboxylic acid groups (broad SMARTS) is 1. The van der Waals surface area contributed by atoms with Crippen LogP contribution in [0.15, 0.2) is 35.9 Å². The van der Waals surface area contributed by atoms with Gasteiger partial charge in [0.2, 0.25) is 0 Å². The second-order valence-electron chi connectivity index (χ2n) is 2.86. The highest BCUT2D eigenvalue weighted by molar-refractivity contribution is 7.80. The number of hydrogen-bond donors (Lipinski definition) is 2. The zero-order valence-electron chi connectivity index (χ0n) is 7.68. The van der Waals surface area contributed by atoms with Crippen LogP contribution in [0.25, 0.3) is 6.08 Å². The zero-order valence-corrected chi connectivity index (χ0v) is 8.58. The molecule has 3 heteroatoms. The summed E-state index contributed by atoms with van der Waals surface area (Å²) in [7, 11) is 0. The number of hydrogen-bond acceptors (Lipinski definition) is 2. The molecule has 0 bridgehead atoms. The zero-order chi connectivity index (χ0) is 10.4. The Morgan fingerprint density at radius 1 is 1.36 bits per heavy atom. The van der Waals surface area contributed by atoms with Crippen LogP contribution in [0.1, 0.15) is 12.0 Å². The molecule has 1 aromatic rings. The lowest BCUT2D eigenvalue weighted by atomic mass is 10.1. The van der Waals surface area contributed by atoms with Crippen LogP contribution < -0.4 is 0 Å². The third-order valence-corrected chi connectivity index (χ3v) is 2.02. The molecule has 2 nitrogen and oxygen atoms in total. The molecular formula is C11H12O2S. The summed E-state index contributed by atoms with van der Waals surface area (Å²) in [5.41, 5.74) is 1.30. The fraction of sp³-hybridized carbons (Fsp3) is 0.182. The van der Waals surface area contributed by atoms with Gasteiger partial charge in [0.15, 0.2) is 0 Å². The van der Waals surface area contributed by atoms with Crippen LogP contribution in [0.2, 0.25) is 0 Å². The monoisotopic (exact) mass is 208 g/mol. The van der Waals surface area contributed by atoms with E-state index in [2.05, 4.69) is 12.6 Å². The Kier molecular flexibility index (Phi) is 4.26. The van der Waals surface area contributed by atoms with E-state index in [4.69, 9.17) is 5.11 Å². The molecule has 0 unspecified atom stereocenters. The number of thiol groups is 1.